The van der Waals surface area contributed by atoms with Crippen molar-refractivity contribution < 1.29 is 14.7 Å². The largest absolute Gasteiger partial charge is 0.394 e. The van der Waals surface area contributed by atoms with Gasteiger partial charge >= 0.3 is 0 Å². The monoisotopic (exact) mass is 337 g/mol. The SMILES string of the molecule is CC(=O)N1CC2(CCN(CC(=O)N3CCCC3)CC2)CC1(C)CO. The Kier molecular flexibility index (Phi) is 4.89. The van der Waals surface area contributed by atoms with E-state index in [2.05, 4.69) is 4.90 Å². The first-order valence-corrected chi connectivity index (χ1v) is 9.27. The Bertz CT molecular complexity index is 496. The van der Waals surface area contributed by atoms with E-state index < -0.39 is 5.54 Å². The highest BCUT2D eigenvalue weighted by molar-refractivity contribution is 5.78. The number of hydrogen-bond donors (Lipinski definition) is 1. The average molecular weight is 337 g/mol. The van der Waals surface area contributed by atoms with E-state index in [1.807, 2.05) is 16.7 Å². The molecule has 6 nitrogen and oxygen atoms in total. The van der Waals surface area contributed by atoms with Crippen LogP contribution in [0.2, 0.25) is 0 Å². The maximum atomic E-state index is 12.3. The lowest BCUT2D eigenvalue weighted by molar-refractivity contribution is -0.134. The highest BCUT2D eigenvalue weighted by Crippen LogP contribution is 2.47. The summed E-state index contributed by atoms with van der Waals surface area (Å²) in [5.74, 6) is 0.315. The second-order valence-electron chi connectivity index (χ2n) is 8.30. The van der Waals surface area contributed by atoms with Gasteiger partial charge in [0.05, 0.1) is 18.7 Å². The maximum absolute atomic E-state index is 12.3. The number of nitrogens with zero attached hydrogens (tertiary/aromatic N) is 3. The molecule has 3 heterocycles. The summed E-state index contributed by atoms with van der Waals surface area (Å²) in [7, 11) is 0. The van der Waals surface area contributed by atoms with Gasteiger partial charge in [0, 0.05) is 26.6 Å². The van der Waals surface area contributed by atoms with Crippen LogP contribution in [0.5, 0.6) is 0 Å². The van der Waals surface area contributed by atoms with Gasteiger partial charge in [-0.3, -0.25) is 14.5 Å². The van der Waals surface area contributed by atoms with Crippen molar-refractivity contribution in [1.82, 2.24) is 14.7 Å². The van der Waals surface area contributed by atoms with E-state index in [-0.39, 0.29) is 23.8 Å². The maximum Gasteiger partial charge on any atom is 0.236 e. The van der Waals surface area contributed by atoms with Crippen LogP contribution in [0.1, 0.15) is 46.0 Å². The number of carbonyl (C=O) groups is 2. The molecule has 0 aromatic carbocycles. The summed E-state index contributed by atoms with van der Waals surface area (Å²) in [6.07, 6.45) is 5.13. The molecule has 1 spiro atoms. The molecule has 1 unspecified atom stereocenters. The number of rotatable bonds is 3. The number of aliphatic hydroxyl groups is 1. The molecule has 1 atom stereocenters. The molecule has 0 aliphatic carbocycles. The van der Waals surface area contributed by atoms with Gasteiger partial charge < -0.3 is 14.9 Å². The highest BCUT2D eigenvalue weighted by atomic mass is 16.3. The van der Waals surface area contributed by atoms with Crippen LogP contribution in [-0.4, -0.2) is 83.0 Å². The summed E-state index contributed by atoms with van der Waals surface area (Å²) in [5, 5.41) is 9.80. The number of aliphatic hydroxyl groups excluding tert-OH is 1. The van der Waals surface area contributed by atoms with Crippen molar-refractivity contribution in [2.45, 2.75) is 51.5 Å². The first-order valence-electron chi connectivity index (χ1n) is 9.27. The third-order valence-corrected chi connectivity index (χ3v) is 6.36. The summed E-state index contributed by atoms with van der Waals surface area (Å²) in [6.45, 7) is 8.53. The van der Waals surface area contributed by atoms with Crippen LogP contribution in [0.15, 0.2) is 0 Å². The van der Waals surface area contributed by atoms with E-state index in [0.29, 0.717) is 6.54 Å². The van der Waals surface area contributed by atoms with E-state index in [1.54, 1.807) is 6.92 Å². The molecule has 3 aliphatic rings. The predicted molar refractivity (Wildman–Crippen MR) is 91.4 cm³/mol. The molecular formula is C18H31N3O3. The molecule has 6 heteroatoms. The van der Waals surface area contributed by atoms with Crippen molar-refractivity contribution in [1.29, 1.82) is 0 Å². The summed E-state index contributed by atoms with van der Waals surface area (Å²) >= 11 is 0. The van der Waals surface area contributed by atoms with Gasteiger partial charge in [-0.15, -0.1) is 0 Å². The Labute approximate surface area is 144 Å². The van der Waals surface area contributed by atoms with Crippen molar-refractivity contribution in [3.63, 3.8) is 0 Å². The summed E-state index contributed by atoms with van der Waals surface area (Å²) in [4.78, 5) is 30.4. The van der Waals surface area contributed by atoms with E-state index in [0.717, 1.165) is 64.8 Å². The Balaban J connectivity index is 1.56. The minimum absolute atomic E-state index is 0.0193. The normalized spacial score (nSPS) is 30.3. The fourth-order valence-corrected chi connectivity index (χ4v) is 4.90. The molecule has 3 saturated heterocycles. The van der Waals surface area contributed by atoms with Gasteiger partial charge in [-0.1, -0.05) is 0 Å². The van der Waals surface area contributed by atoms with Gasteiger partial charge in [-0.2, -0.15) is 0 Å². The van der Waals surface area contributed by atoms with Gasteiger partial charge in [0.1, 0.15) is 0 Å². The Morgan fingerprint density at radius 2 is 1.71 bits per heavy atom. The number of carbonyl (C=O) groups excluding carboxylic acids is 2. The van der Waals surface area contributed by atoms with Gasteiger partial charge in [0.25, 0.3) is 0 Å². The first kappa shape index (κ1) is 17.7. The van der Waals surface area contributed by atoms with Gasteiger partial charge in [-0.25, -0.2) is 0 Å². The van der Waals surface area contributed by atoms with Crippen LogP contribution in [-0.2, 0) is 9.59 Å². The predicted octanol–water partition coefficient (Wildman–Crippen LogP) is 0.694. The van der Waals surface area contributed by atoms with Crippen LogP contribution < -0.4 is 0 Å². The minimum atomic E-state index is -0.431. The van der Waals surface area contributed by atoms with E-state index in [4.69, 9.17) is 0 Å². The highest BCUT2D eigenvalue weighted by Gasteiger charge is 2.52. The Hall–Kier alpha value is -1.14. The standard InChI is InChI=1S/C18H31N3O3/c1-15(23)21-13-18(12-17(21,2)14-22)5-9-19(10-6-18)11-16(24)20-7-3-4-8-20/h22H,3-14H2,1-2H3. The molecule has 0 radical (unpaired) electrons. The fraction of sp³-hybridized carbons (Fsp3) is 0.889. The molecule has 3 fully saturated rings. The molecule has 0 bridgehead atoms. The molecule has 3 aliphatic heterocycles. The zero-order chi connectivity index (χ0) is 17.4. The van der Waals surface area contributed by atoms with Crippen LogP contribution in [0.3, 0.4) is 0 Å². The number of piperidine rings is 1. The van der Waals surface area contributed by atoms with Crippen LogP contribution in [0.4, 0.5) is 0 Å². The van der Waals surface area contributed by atoms with Gasteiger partial charge in [0.2, 0.25) is 11.8 Å². The van der Waals surface area contributed by atoms with Crippen molar-refractivity contribution >= 4 is 11.8 Å². The van der Waals surface area contributed by atoms with Crippen LogP contribution >= 0.6 is 0 Å². The van der Waals surface area contributed by atoms with Crippen molar-refractivity contribution in [2.75, 3.05) is 45.9 Å². The summed E-state index contributed by atoms with van der Waals surface area (Å²) in [5.41, 5.74) is -0.324. The van der Waals surface area contributed by atoms with E-state index in [1.165, 1.54) is 0 Å². The molecule has 0 saturated carbocycles. The van der Waals surface area contributed by atoms with Crippen molar-refractivity contribution in [2.24, 2.45) is 5.41 Å². The summed E-state index contributed by atoms with van der Waals surface area (Å²) in [6, 6.07) is 0. The molecule has 24 heavy (non-hydrogen) atoms. The number of hydrogen-bond acceptors (Lipinski definition) is 4. The van der Waals surface area contributed by atoms with Crippen molar-refractivity contribution in [3.05, 3.63) is 0 Å². The van der Waals surface area contributed by atoms with E-state index in [9.17, 15) is 14.7 Å². The Morgan fingerprint density at radius 1 is 1.08 bits per heavy atom. The van der Waals surface area contributed by atoms with E-state index >= 15 is 0 Å². The number of amides is 2. The minimum Gasteiger partial charge on any atom is -0.394 e. The molecule has 136 valence electrons. The fourth-order valence-electron chi connectivity index (χ4n) is 4.90. The van der Waals surface area contributed by atoms with Gasteiger partial charge in [0.15, 0.2) is 0 Å². The second-order valence-corrected chi connectivity index (χ2v) is 8.30. The van der Waals surface area contributed by atoms with Crippen molar-refractivity contribution in [3.8, 4) is 0 Å². The molecule has 1 N–H and O–H groups in total. The second kappa shape index (κ2) is 6.64. The van der Waals surface area contributed by atoms with Crippen LogP contribution in [0, 0.1) is 5.41 Å². The average Bonchev–Trinajstić information content (AvgIpc) is 3.17. The summed E-state index contributed by atoms with van der Waals surface area (Å²) < 4.78 is 0. The third-order valence-electron chi connectivity index (χ3n) is 6.36. The lowest BCUT2D eigenvalue weighted by atomic mass is 9.74. The lowest BCUT2D eigenvalue weighted by Gasteiger charge is -2.39. The molecule has 2 amide bonds. The molecular weight excluding hydrogens is 306 g/mol. The molecule has 3 rings (SSSR count). The Morgan fingerprint density at radius 3 is 2.21 bits per heavy atom. The van der Waals surface area contributed by atoms with Gasteiger partial charge in [-0.05, 0) is 57.5 Å². The van der Waals surface area contributed by atoms with Crippen LogP contribution in [0.25, 0.3) is 0 Å². The topological polar surface area (TPSA) is 64.1 Å². The first-order chi connectivity index (χ1) is 11.4. The smallest absolute Gasteiger partial charge is 0.236 e. The molecule has 0 aromatic rings. The zero-order valence-corrected chi connectivity index (χ0v) is 15.1. The number of likely N-dealkylation sites (tertiary alicyclic amines) is 3. The molecule has 0 aromatic heterocycles. The zero-order valence-electron chi connectivity index (χ0n) is 15.1. The quantitative estimate of drug-likeness (QED) is 0.823. The lowest BCUT2D eigenvalue weighted by Crippen LogP contribution is -2.47. The third kappa shape index (κ3) is 3.31.